The fourth-order valence-electron chi connectivity index (χ4n) is 1.98. The van der Waals surface area contributed by atoms with Crippen molar-refractivity contribution < 1.29 is 4.79 Å². The Morgan fingerprint density at radius 2 is 2.50 bits per heavy atom. The number of likely N-dealkylation sites (tertiary alicyclic amines) is 1. The highest BCUT2D eigenvalue weighted by molar-refractivity contribution is 5.82. The van der Waals surface area contributed by atoms with Gasteiger partial charge in [-0.2, -0.15) is 0 Å². The van der Waals surface area contributed by atoms with Gasteiger partial charge in [-0.1, -0.05) is 6.92 Å². The number of rotatable bonds is 3. The molecule has 0 saturated carbocycles. The Hall–Kier alpha value is -1.01. The lowest BCUT2D eigenvalue weighted by Crippen LogP contribution is -2.45. The number of amides is 1. The molecule has 1 aliphatic heterocycles. The number of carbonyl (C=O) groups excluding carboxylic acids is 1. The molecule has 3 nitrogen and oxygen atoms in total. The van der Waals surface area contributed by atoms with Gasteiger partial charge in [-0.25, -0.2) is 0 Å². The summed E-state index contributed by atoms with van der Waals surface area (Å²) in [5.41, 5.74) is 5.69. The summed E-state index contributed by atoms with van der Waals surface area (Å²) < 4.78 is 0. The second-order valence-electron chi connectivity index (χ2n) is 3.75. The van der Waals surface area contributed by atoms with E-state index in [9.17, 15) is 4.79 Å². The molecular formula is C11H18N2O. The second-order valence-corrected chi connectivity index (χ2v) is 3.75. The summed E-state index contributed by atoms with van der Waals surface area (Å²) in [6.07, 6.45) is 8.67. The first-order chi connectivity index (χ1) is 6.70. The molecule has 0 spiro atoms. The van der Waals surface area contributed by atoms with Gasteiger partial charge in [-0.3, -0.25) is 4.79 Å². The van der Waals surface area contributed by atoms with Crippen LogP contribution in [0.5, 0.6) is 0 Å². The van der Waals surface area contributed by atoms with Crippen molar-refractivity contribution >= 4 is 5.91 Å². The Bertz CT molecular complexity index is 244. The predicted octanol–water partition coefficient (Wildman–Crippen LogP) is 0.738. The van der Waals surface area contributed by atoms with E-state index in [1.807, 2.05) is 4.90 Å². The highest BCUT2D eigenvalue weighted by Crippen LogP contribution is 2.20. The molecule has 0 bridgehead atoms. The molecule has 1 heterocycles. The van der Waals surface area contributed by atoms with E-state index in [0.29, 0.717) is 12.5 Å². The van der Waals surface area contributed by atoms with Gasteiger partial charge in [0.25, 0.3) is 0 Å². The fraction of sp³-hybridized carbons (Fsp3) is 0.727. The van der Waals surface area contributed by atoms with Crippen LogP contribution in [0.15, 0.2) is 0 Å². The molecule has 14 heavy (non-hydrogen) atoms. The zero-order valence-electron chi connectivity index (χ0n) is 8.70. The van der Waals surface area contributed by atoms with Crippen LogP contribution in [0.1, 0.15) is 32.6 Å². The molecule has 2 unspecified atom stereocenters. The molecule has 0 aromatic carbocycles. The summed E-state index contributed by atoms with van der Waals surface area (Å²) in [5.74, 6) is 2.45. The third kappa shape index (κ3) is 2.27. The fourth-order valence-corrected chi connectivity index (χ4v) is 1.98. The predicted molar refractivity (Wildman–Crippen MR) is 56.5 cm³/mol. The van der Waals surface area contributed by atoms with Gasteiger partial charge in [0, 0.05) is 19.0 Å². The molecule has 0 radical (unpaired) electrons. The lowest BCUT2D eigenvalue weighted by Gasteiger charge is -2.25. The topological polar surface area (TPSA) is 46.3 Å². The zero-order chi connectivity index (χ0) is 10.6. The molecule has 3 heteroatoms. The van der Waals surface area contributed by atoms with E-state index in [0.717, 1.165) is 25.8 Å². The molecular weight excluding hydrogens is 176 g/mol. The van der Waals surface area contributed by atoms with Gasteiger partial charge < -0.3 is 10.6 Å². The minimum Gasteiger partial charge on any atom is -0.338 e. The van der Waals surface area contributed by atoms with Crippen molar-refractivity contribution in [2.75, 3.05) is 6.54 Å². The summed E-state index contributed by atoms with van der Waals surface area (Å²) in [6.45, 7) is 2.94. The van der Waals surface area contributed by atoms with Crippen LogP contribution in [0, 0.1) is 12.3 Å². The van der Waals surface area contributed by atoms with E-state index >= 15 is 0 Å². The van der Waals surface area contributed by atoms with Crippen LogP contribution in [-0.2, 0) is 4.79 Å². The molecule has 1 saturated heterocycles. The Kier molecular flexibility index (Phi) is 3.97. The highest BCUT2D eigenvalue weighted by Gasteiger charge is 2.29. The minimum absolute atomic E-state index is 0.0206. The molecule has 78 valence electrons. The van der Waals surface area contributed by atoms with Gasteiger partial charge in [0.1, 0.15) is 0 Å². The van der Waals surface area contributed by atoms with E-state index in [4.69, 9.17) is 12.2 Å². The zero-order valence-corrected chi connectivity index (χ0v) is 8.70. The standard InChI is InChI=1S/C11H18N2O/c1-3-6-10(12)11(14)13-8-5-7-9(13)4-2/h1,9-10H,4-8,12H2,2H3. The number of nitrogens with two attached hydrogens (primary N) is 1. The average molecular weight is 194 g/mol. The average Bonchev–Trinajstić information content (AvgIpc) is 2.64. The SMILES string of the molecule is C#CCC(N)C(=O)N1CCCC1CC. The van der Waals surface area contributed by atoms with Gasteiger partial charge >= 0.3 is 0 Å². The monoisotopic (exact) mass is 194 g/mol. The third-order valence-electron chi connectivity index (χ3n) is 2.79. The smallest absolute Gasteiger partial charge is 0.240 e. The summed E-state index contributed by atoms with van der Waals surface area (Å²) in [6, 6.07) is -0.126. The minimum atomic E-state index is -0.507. The number of hydrogen-bond donors (Lipinski definition) is 1. The van der Waals surface area contributed by atoms with E-state index in [1.165, 1.54) is 0 Å². The molecule has 1 rings (SSSR count). The maximum absolute atomic E-state index is 11.8. The van der Waals surface area contributed by atoms with Crippen molar-refractivity contribution in [2.24, 2.45) is 5.73 Å². The van der Waals surface area contributed by atoms with E-state index in [-0.39, 0.29) is 5.91 Å². The summed E-state index contributed by atoms with van der Waals surface area (Å²) >= 11 is 0. The number of hydrogen-bond acceptors (Lipinski definition) is 2. The number of terminal acetylenes is 1. The van der Waals surface area contributed by atoms with Gasteiger partial charge in [-0.15, -0.1) is 12.3 Å². The molecule has 1 amide bonds. The first-order valence-corrected chi connectivity index (χ1v) is 5.20. The number of nitrogens with zero attached hydrogens (tertiary/aromatic N) is 1. The maximum Gasteiger partial charge on any atom is 0.240 e. The molecule has 0 aliphatic carbocycles. The number of carbonyl (C=O) groups is 1. The van der Waals surface area contributed by atoms with Crippen LogP contribution in [0.2, 0.25) is 0 Å². The Morgan fingerprint density at radius 1 is 1.79 bits per heavy atom. The quantitative estimate of drug-likeness (QED) is 0.673. The Morgan fingerprint density at radius 3 is 3.07 bits per heavy atom. The van der Waals surface area contributed by atoms with Crippen LogP contribution in [-0.4, -0.2) is 29.4 Å². The molecule has 1 fully saturated rings. The molecule has 0 aromatic heterocycles. The van der Waals surface area contributed by atoms with Crippen molar-refractivity contribution in [2.45, 2.75) is 44.7 Å². The van der Waals surface area contributed by atoms with Gasteiger partial charge in [0.15, 0.2) is 0 Å². The highest BCUT2D eigenvalue weighted by atomic mass is 16.2. The molecule has 2 N–H and O–H groups in total. The summed E-state index contributed by atoms with van der Waals surface area (Å²) in [5, 5.41) is 0. The van der Waals surface area contributed by atoms with Crippen molar-refractivity contribution in [3.8, 4) is 12.3 Å². The van der Waals surface area contributed by atoms with Gasteiger partial charge in [-0.05, 0) is 19.3 Å². The van der Waals surface area contributed by atoms with Gasteiger partial charge in [0.05, 0.1) is 6.04 Å². The lowest BCUT2D eigenvalue weighted by molar-refractivity contribution is -0.133. The van der Waals surface area contributed by atoms with E-state index in [1.54, 1.807) is 0 Å². The van der Waals surface area contributed by atoms with Crippen molar-refractivity contribution in [1.82, 2.24) is 4.90 Å². The second kappa shape index (κ2) is 5.02. The Balaban J connectivity index is 2.55. The van der Waals surface area contributed by atoms with Gasteiger partial charge in [0.2, 0.25) is 5.91 Å². The van der Waals surface area contributed by atoms with Crippen molar-refractivity contribution in [3.63, 3.8) is 0 Å². The van der Waals surface area contributed by atoms with E-state index in [2.05, 4.69) is 12.8 Å². The molecule has 2 atom stereocenters. The van der Waals surface area contributed by atoms with E-state index < -0.39 is 6.04 Å². The van der Waals surface area contributed by atoms with Crippen LogP contribution < -0.4 is 5.73 Å². The molecule has 1 aliphatic rings. The largest absolute Gasteiger partial charge is 0.338 e. The molecule has 0 aromatic rings. The first kappa shape index (κ1) is 11.1. The normalized spacial score (nSPS) is 23.2. The first-order valence-electron chi connectivity index (χ1n) is 5.20. The van der Waals surface area contributed by atoms with Crippen LogP contribution in [0.4, 0.5) is 0 Å². The summed E-state index contributed by atoms with van der Waals surface area (Å²) in [7, 11) is 0. The van der Waals surface area contributed by atoms with Crippen molar-refractivity contribution in [3.05, 3.63) is 0 Å². The van der Waals surface area contributed by atoms with Crippen LogP contribution in [0.25, 0.3) is 0 Å². The Labute approximate surface area is 85.6 Å². The third-order valence-corrected chi connectivity index (χ3v) is 2.79. The van der Waals surface area contributed by atoms with Crippen LogP contribution >= 0.6 is 0 Å². The summed E-state index contributed by atoms with van der Waals surface area (Å²) in [4.78, 5) is 13.7. The van der Waals surface area contributed by atoms with Crippen molar-refractivity contribution in [1.29, 1.82) is 0 Å². The van der Waals surface area contributed by atoms with Crippen LogP contribution in [0.3, 0.4) is 0 Å². The lowest BCUT2D eigenvalue weighted by atomic mass is 10.1. The maximum atomic E-state index is 11.8.